The number of benzene rings is 1. The summed E-state index contributed by atoms with van der Waals surface area (Å²) < 4.78 is 35.9. The highest BCUT2D eigenvalue weighted by Crippen LogP contribution is 2.22. The molecule has 0 bridgehead atoms. The molecule has 3 nitrogen and oxygen atoms in total. The average molecular weight is 352 g/mol. The number of hydrogen-bond acceptors (Lipinski definition) is 3. The largest absolute Gasteiger partial charge is 0.309 e. The first-order chi connectivity index (χ1) is 8.54. The van der Waals surface area contributed by atoms with Gasteiger partial charge in [-0.05, 0) is 54.4 Å². The van der Waals surface area contributed by atoms with Gasteiger partial charge in [0, 0.05) is 18.8 Å². The van der Waals surface area contributed by atoms with E-state index in [1.165, 1.54) is 12.3 Å². The van der Waals surface area contributed by atoms with Crippen molar-refractivity contribution < 1.29 is 12.8 Å². The van der Waals surface area contributed by atoms with Gasteiger partial charge in [-0.2, -0.15) is 0 Å². The molecule has 1 atom stereocenters. The molecule has 1 N–H and O–H groups in total. The molecule has 0 aromatic heterocycles. The Kier molecular flexibility index (Phi) is 5.15. The molecule has 108 valence electrons. The number of rotatable bonds is 5. The topological polar surface area (TPSA) is 46.2 Å². The van der Waals surface area contributed by atoms with Crippen LogP contribution in [0.4, 0.5) is 4.39 Å². The van der Waals surface area contributed by atoms with E-state index in [0.29, 0.717) is 11.0 Å². The molecule has 6 heteroatoms. The van der Waals surface area contributed by atoms with Gasteiger partial charge in [0.05, 0.1) is 9.22 Å². The highest BCUT2D eigenvalue weighted by Gasteiger charge is 2.30. The van der Waals surface area contributed by atoms with Gasteiger partial charge < -0.3 is 5.32 Å². The monoisotopic (exact) mass is 351 g/mol. The van der Waals surface area contributed by atoms with E-state index in [4.69, 9.17) is 0 Å². The van der Waals surface area contributed by atoms with E-state index in [2.05, 4.69) is 21.2 Å². The van der Waals surface area contributed by atoms with Crippen molar-refractivity contribution in [3.63, 3.8) is 0 Å². The van der Waals surface area contributed by atoms with Gasteiger partial charge in [-0.25, -0.2) is 12.8 Å². The van der Waals surface area contributed by atoms with Crippen molar-refractivity contribution >= 4 is 25.8 Å². The predicted octanol–water partition coefficient (Wildman–Crippen LogP) is 3.06. The maximum Gasteiger partial charge on any atom is 0.153 e. The number of nitrogens with one attached hydrogen (secondary N) is 1. The maximum absolute atomic E-state index is 13.1. The fourth-order valence-corrected chi connectivity index (χ4v) is 2.17. The quantitative estimate of drug-likeness (QED) is 0.886. The summed E-state index contributed by atoms with van der Waals surface area (Å²) >= 11 is 3.14. The molecule has 0 aliphatic rings. The third kappa shape index (κ3) is 4.26. The highest BCUT2D eigenvalue weighted by molar-refractivity contribution is 9.10. The van der Waals surface area contributed by atoms with Crippen molar-refractivity contribution in [2.75, 3.05) is 12.8 Å². The van der Waals surface area contributed by atoms with Crippen LogP contribution in [0.2, 0.25) is 0 Å². The lowest BCUT2D eigenvalue weighted by Crippen LogP contribution is -2.42. The predicted molar refractivity (Wildman–Crippen MR) is 79.4 cm³/mol. The summed E-state index contributed by atoms with van der Waals surface area (Å²) in [7, 11) is -3.13. The van der Waals surface area contributed by atoms with Crippen LogP contribution < -0.4 is 5.32 Å². The Hall–Kier alpha value is -0.460. The molecule has 1 aromatic rings. The van der Waals surface area contributed by atoms with E-state index < -0.39 is 14.6 Å². The minimum absolute atomic E-state index is 0.0575. The molecule has 0 spiro atoms. The zero-order valence-electron chi connectivity index (χ0n) is 11.5. The van der Waals surface area contributed by atoms with Crippen LogP contribution in [-0.2, 0) is 9.84 Å². The Bertz CT molecular complexity index is 558. The van der Waals surface area contributed by atoms with E-state index in [9.17, 15) is 12.8 Å². The van der Waals surface area contributed by atoms with E-state index in [1.54, 1.807) is 26.0 Å². The normalized spacial score (nSPS) is 14.4. The smallest absolute Gasteiger partial charge is 0.153 e. The fraction of sp³-hybridized carbons (Fsp3) is 0.538. The average Bonchev–Trinajstić information content (AvgIpc) is 2.28. The molecule has 1 rings (SSSR count). The summed E-state index contributed by atoms with van der Waals surface area (Å²) in [6, 6.07) is 4.71. The standard InChI is InChI=1S/C13H19BrFNO2S/c1-9(10-5-6-12(15)11(14)7-10)16-8-13(2,3)19(4,17)18/h5-7,9,16H,8H2,1-4H3. The van der Waals surface area contributed by atoms with Gasteiger partial charge in [0.2, 0.25) is 0 Å². The van der Waals surface area contributed by atoms with Crippen LogP contribution in [0, 0.1) is 5.82 Å². The lowest BCUT2D eigenvalue weighted by atomic mass is 10.1. The summed E-state index contributed by atoms with van der Waals surface area (Å²) in [5.74, 6) is -0.313. The van der Waals surface area contributed by atoms with Gasteiger partial charge >= 0.3 is 0 Å². The molecule has 0 amide bonds. The van der Waals surface area contributed by atoms with Gasteiger partial charge in [-0.15, -0.1) is 0 Å². The molecule has 0 aliphatic carbocycles. The first-order valence-corrected chi connectivity index (χ1v) is 8.61. The van der Waals surface area contributed by atoms with Gasteiger partial charge in [0.1, 0.15) is 5.82 Å². The summed E-state index contributed by atoms with van der Waals surface area (Å²) in [5, 5.41) is 3.17. The highest BCUT2D eigenvalue weighted by atomic mass is 79.9. The second-order valence-electron chi connectivity index (χ2n) is 5.31. The lowest BCUT2D eigenvalue weighted by molar-refractivity contribution is 0.488. The van der Waals surface area contributed by atoms with Crippen molar-refractivity contribution in [3.8, 4) is 0 Å². The number of sulfone groups is 1. The van der Waals surface area contributed by atoms with Crippen LogP contribution in [0.25, 0.3) is 0 Å². The first kappa shape index (κ1) is 16.6. The lowest BCUT2D eigenvalue weighted by Gasteiger charge is -2.25. The minimum atomic E-state index is -3.13. The Morgan fingerprint density at radius 2 is 2.00 bits per heavy atom. The Morgan fingerprint density at radius 1 is 1.42 bits per heavy atom. The van der Waals surface area contributed by atoms with Crippen LogP contribution in [-0.4, -0.2) is 26.0 Å². The van der Waals surface area contributed by atoms with Gasteiger partial charge in [-0.1, -0.05) is 6.07 Å². The second kappa shape index (κ2) is 5.89. The number of halogens is 2. The molecule has 0 saturated carbocycles. The summed E-state index contributed by atoms with van der Waals surface area (Å²) in [6.45, 7) is 5.62. The van der Waals surface area contributed by atoms with Crippen molar-refractivity contribution in [2.45, 2.75) is 31.6 Å². The van der Waals surface area contributed by atoms with Crippen molar-refractivity contribution in [3.05, 3.63) is 34.1 Å². The van der Waals surface area contributed by atoms with Crippen molar-refractivity contribution in [1.29, 1.82) is 0 Å². The molecule has 0 aliphatic heterocycles. The summed E-state index contributed by atoms with van der Waals surface area (Å²) in [6.07, 6.45) is 1.23. The zero-order chi connectivity index (χ0) is 14.8. The van der Waals surface area contributed by atoms with Crippen molar-refractivity contribution in [2.24, 2.45) is 0 Å². The first-order valence-electron chi connectivity index (χ1n) is 5.92. The van der Waals surface area contributed by atoms with E-state index in [1.807, 2.05) is 6.92 Å². The SMILES string of the molecule is CC(NCC(C)(C)S(C)(=O)=O)c1ccc(F)c(Br)c1. The zero-order valence-corrected chi connectivity index (χ0v) is 13.9. The fourth-order valence-electron chi connectivity index (χ4n) is 1.43. The van der Waals surface area contributed by atoms with Gasteiger partial charge in [-0.3, -0.25) is 0 Å². The second-order valence-corrected chi connectivity index (χ2v) is 8.81. The molecular formula is C13H19BrFNO2S. The molecule has 0 radical (unpaired) electrons. The molecule has 0 heterocycles. The van der Waals surface area contributed by atoms with Crippen LogP contribution in [0.1, 0.15) is 32.4 Å². The van der Waals surface area contributed by atoms with Gasteiger partial charge in [0.15, 0.2) is 9.84 Å². The Balaban J connectivity index is 2.76. The van der Waals surface area contributed by atoms with Crippen LogP contribution in [0.15, 0.2) is 22.7 Å². The van der Waals surface area contributed by atoms with Gasteiger partial charge in [0.25, 0.3) is 0 Å². The van der Waals surface area contributed by atoms with E-state index >= 15 is 0 Å². The third-order valence-corrected chi connectivity index (χ3v) is 6.04. The Morgan fingerprint density at radius 3 is 2.47 bits per heavy atom. The molecule has 19 heavy (non-hydrogen) atoms. The Labute approximate surface area is 122 Å². The third-order valence-electron chi connectivity index (χ3n) is 3.28. The van der Waals surface area contributed by atoms with Crippen LogP contribution in [0.3, 0.4) is 0 Å². The summed E-state index contributed by atoms with van der Waals surface area (Å²) in [4.78, 5) is 0. The van der Waals surface area contributed by atoms with Crippen LogP contribution >= 0.6 is 15.9 Å². The minimum Gasteiger partial charge on any atom is -0.309 e. The molecular weight excluding hydrogens is 333 g/mol. The van der Waals surface area contributed by atoms with Crippen molar-refractivity contribution in [1.82, 2.24) is 5.32 Å². The molecule has 1 unspecified atom stereocenters. The molecule has 1 aromatic carbocycles. The molecule has 0 fully saturated rings. The summed E-state index contributed by atoms with van der Waals surface area (Å²) in [5.41, 5.74) is 0.901. The maximum atomic E-state index is 13.1. The van der Waals surface area contributed by atoms with E-state index in [-0.39, 0.29) is 11.9 Å². The number of hydrogen-bond donors (Lipinski definition) is 1. The van der Waals surface area contributed by atoms with Crippen LogP contribution in [0.5, 0.6) is 0 Å². The molecule has 0 saturated heterocycles. The van der Waals surface area contributed by atoms with E-state index in [0.717, 1.165) is 5.56 Å².